The topological polar surface area (TPSA) is 729 Å². The van der Waals surface area contributed by atoms with Crippen molar-refractivity contribution >= 4 is 19.6 Å². The number of hydrogen-bond acceptors (Lipinski definition) is 42. The van der Waals surface area contributed by atoms with E-state index < -0.39 is 318 Å². The minimum absolute atomic E-state index is 0.779. The van der Waals surface area contributed by atoms with Crippen LogP contribution in [0.1, 0.15) is 13.8 Å². The molecule has 46 nitrogen and oxygen atoms in total. The van der Waals surface area contributed by atoms with Crippen molar-refractivity contribution in [1.82, 2.24) is 10.6 Å². The van der Waals surface area contributed by atoms with Crippen molar-refractivity contribution in [2.24, 2.45) is 0 Å². The van der Waals surface area contributed by atoms with Gasteiger partial charge in [0.15, 0.2) is 50.3 Å². The van der Waals surface area contributed by atoms with E-state index in [1.807, 2.05) is 0 Å². The molecular weight excluding hydrogens is 1390 g/mol. The van der Waals surface area contributed by atoms with Crippen LogP contribution < -0.4 is 10.6 Å². The summed E-state index contributed by atoms with van der Waals surface area (Å²) in [6.45, 7) is -6.78. The van der Waals surface area contributed by atoms with Crippen molar-refractivity contribution in [1.29, 1.82) is 0 Å². The summed E-state index contributed by atoms with van der Waals surface area (Å²) < 4.78 is 102. The highest BCUT2D eigenvalue weighted by atomic mass is 31.2. The fraction of sp³-hybridized carbons (Fsp3) is 0.962. The smallest absolute Gasteiger partial charge is 0.394 e. The van der Waals surface area contributed by atoms with Crippen LogP contribution in [0.15, 0.2) is 0 Å². The molecule has 99 heavy (non-hydrogen) atoms. The maximum Gasteiger partial charge on any atom is 0.469 e. The first-order valence-corrected chi connectivity index (χ1v) is 32.4. The van der Waals surface area contributed by atoms with Crippen molar-refractivity contribution in [3.05, 3.63) is 0 Å². The summed E-state index contributed by atoms with van der Waals surface area (Å²) in [7, 11) is -5.26. The number of carbonyl (C=O) groups excluding carboxylic acids is 2. The van der Waals surface area contributed by atoms with Crippen molar-refractivity contribution in [3.63, 3.8) is 0 Å². The number of amides is 2. The van der Waals surface area contributed by atoms with E-state index in [4.69, 9.17) is 71.1 Å². The molecule has 27 N–H and O–H groups in total. The molecule has 0 aromatic heterocycles. The van der Waals surface area contributed by atoms with E-state index in [-0.39, 0.29) is 0 Å². The number of aliphatic hydroxyl groups excluding tert-OH is 23. The fourth-order valence-corrected chi connectivity index (χ4v) is 12.6. The number of nitrogens with one attached hydrogen (secondary N) is 2. The van der Waals surface area contributed by atoms with Crippen LogP contribution >= 0.6 is 7.82 Å². The molecule has 40 atom stereocenters. The van der Waals surface area contributed by atoms with E-state index in [1.54, 1.807) is 0 Å². The van der Waals surface area contributed by atoms with E-state index >= 15 is 0 Å². The Morgan fingerprint density at radius 2 is 0.626 bits per heavy atom. The average molecular weight is 1480 g/mol. The quantitative estimate of drug-likeness (QED) is 0.0358. The summed E-state index contributed by atoms with van der Waals surface area (Å²) in [4.78, 5) is 43.4. The second kappa shape index (κ2) is 35.3. The Hall–Kier alpha value is -2.47. The number of aliphatic hydroxyl groups is 23. The van der Waals surface area contributed by atoms with Gasteiger partial charge >= 0.3 is 7.82 Å². The highest BCUT2D eigenvalue weighted by molar-refractivity contribution is 7.46. The summed E-state index contributed by atoms with van der Waals surface area (Å²) in [6.07, 6.45) is -80.2. The molecule has 0 aromatic rings. The van der Waals surface area contributed by atoms with Crippen molar-refractivity contribution in [2.75, 3.05) is 52.9 Å². The highest BCUT2D eigenvalue weighted by Crippen LogP contribution is 2.40. The highest BCUT2D eigenvalue weighted by Gasteiger charge is 2.59. The first kappa shape index (κ1) is 82.2. The van der Waals surface area contributed by atoms with Gasteiger partial charge in [-0.2, -0.15) is 0 Å². The molecule has 0 bridgehead atoms. The van der Waals surface area contributed by atoms with E-state index in [1.165, 1.54) is 0 Å². The molecular formula is C52H89N2O44P. The Balaban J connectivity index is 1.12. The summed E-state index contributed by atoms with van der Waals surface area (Å²) in [6, 6.07) is -3.53. The van der Waals surface area contributed by atoms with Gasteiger partial charge in [0, 0.05) is 13.8 Å². The van der Waals surface area contributed by atoms with Crippen LogP contribution in [0.3, 0.4) is 0 Å². The lowest BCUT2D eigenvalue weighted by molar-refractivity contribution is -0.399. The molecule has 2 amide bonds. The molecule has 1 unspecified atom stereocenters. The maximum absolute atomic E-state index is 12.9. The van der Waals surface area contributed by atoms with Gasteiger partial charge in [0.05, 0.1) is 52.9 Å². The monoisotopic (exact) mass is 1480 g/mol. The molecule has 0 aromatic carbocycles. The SMILES string of the molecule is CC(=O)N[C@H]1[C@H](O[C@H]2[C@H](O)[C@@H](NC(C)=O)C(O)O[C@@H]2CO)O[C@H](CO)[C@@H](O[C@@H]2O[C@H](CO[C@H]3O[C@H](CO[C@H]4O[C@H](COP(=O)(O)O)[C@@H](O)[C@H](O)[C@@H]4O)[C@@H](O)[C@H](O[C@H]4O[C@H](CO)[C@@H](O)[C@H](O)[C@@H]4O)[C@@H]3O)[C@@H](O)[C@H](O[C@H]3O[C@H](CO)[C@@H](O)[C@H](O)[C@@H]3O[C@H]3O[C@H](CO)[C@@H](O)[C@H](O)[C@@H]3O)[C@@H]2O)[C@@H]1O. The molecule has 8 fully saturated rings. The lowest BCUT2D eigenvalue weighted by atomic mass is 9.94. The predicted octanol–water partition coefficient (Wildman–Crippen LogP) is -18.0. The Kier molecular flexibility index (Phi) is 29.3. The Bertz CT molecular complexity index is 2580. The number of rotatable bonds is 26. The van der Waals surface area contributed by atoms with Crippen molar-refractivity contribution in [3.8, 4) is 0 Å². The number of ether oxygens (including phenoxy) is 15. The molecule has 8 rings (SSSR count). The van der Waals surface area contributed by atoms with E-state index in [2.05, 4.69) is 15.2 Å². The fourth-order valence-electron chi connectivity index (χ4n) is 12.2. The molecule has 8 saturated heterocycles. The first-order valence-electron chi connectivity index (χ1n) is 30.9. The molecule has 47 heteroatoms. The van der Waals surface area contributed by atoms with Crippen LogP contribution in [-0.2, 0) is 89.7 Å². The molecule has 0 radical (unpaired) electrons. The number of carbonyl (C=O) groups is 2. The van der Waals surface area contributed by atoms with Gasteiger partial charge in [0.25, 0.3) is 0 Å². The largest absolute Gasteiger partial charge is 0.469 e. The van der Waals surface area contributed by atoms with Crippen LogP contribution in [0, 0.1) is 0 Å². The van der Waals surface area contributed by atoms with Gasteiger partial charge in [-0.1, -0.05) is 0 Å². The zero-order valence-corrected chi connectivity index (χ0v) is 53.0. The van der Waals surface area contributed by atoms with Crippen LogP contribution in [0.25, 0.3) is 0 Å². The third kappa shape index (κ3) is 18.7. The summed E-state index contributed by atoms with van der Waals surface area (Å²) in [5.41, 5.74) is 0. The van der Waals surface area contributed by atoms with Crippen molar-refractivity contribution in [2.45, 2.75) is 259 Å². The van der Waals surface area contributed by atoms with Crippen LogP contribution in [0.2, 0.25) is 0 Å². The van der Waals surface area contributed by atoms with Gasteiger partial charge in [0.1, 0.15) is 195 Å². The van der Waals surface area contributed by atoms with Crippen LogP contribution in [-0.4, -0.2) is 437 Å². The number of phosphoric ester groups is 1. The Morgan fingerprint density at radius 1 is 0.313 bits per heavy atom. The summed E-state index contributed by atoms with van der Waals surface area (Å²) in [5, 5.41) is 257. The van der Waals surface area contributed by atoms with Crippen LogP contribution in [0.5, 0.6) is 0 Å². The predicted molar refractivity (Wildman–Crippen MR) is 299 cm³/mol. The zero-order chi connectivity index (χ0) is 73.1. The number of hydrogen-bond donors (Lipinski definition) is 27. The van der Waals surface area contributed by atoms with E-state index in [0.717, 1.165) is 13.8 Å². The summed E-state index contributed by atoms with van der Waals surface area (Å²) >= 11 is 0. The second-order valence-corrected chi connectivity index (χ2v) is 25.8. The summed E-state index contributed by atoms with van der Waals surface area (Å²) in [5.74, 6) is -1.71. The van der Waals surface area contributed by atoms with Crippen molar-refractivity contribution < 1.29 is 217 Å². The maximum atomic E-state index is 12.9. The van der Waals surface area contributed by atoms with Gasteiger partial charge in [-0.3, -0.25) is 14.1 Å². The average Bonchev–Trinajstić information content (AvgIpc) is 0.774. The first-order chi connectivity index (χ1) is 46.6. The lowest BCUT2D eigenvalue weighted by Gasteiger charge is -2.50. The number of phosphoric acid groups is 1. The second-order valence-electron chi connectivity index (χ2n) is 24.5. The third-order valence-corrected chi connectivity index (χ3v) is 18.1. The molecule has 8 heterocycles. The molecule has 8 aliphatic rings. The molecule has 0 spiro atoms. The Morgan fingerprint density at radius 3 is 1.09 bits per heavy atom. The lowest BCUT2D eigenvalue weighted by Crippen LogP contribution is -2.70. The van der Waals surface area contributed by atoms with E-state index in [0.29, 0.717) is 0 Å². The van der Waals surface area contributed by atoms with Gasteiger partial charge in [-0.05, 0) is 0 Å². The Labute approximate surface area is 558 Å². The van der Waals surface area contributed by atoms with E-state index in [9.17, 15) is 141 Å². The molecule has 0 aliphatic carbocycles. The normalized spacial score (nSPS) is 49.4. The van der Waals surface area contributed by atoms with Gasteiger partial charge in [0.2, 0.25) is 11.8 Å². The molecule has 0 saturated carbocycles. The standard InChI is InChI=1S/C52H89N2O44P/c1-11(60)53-21-29(68)40(16(6-58)86-45(21)79)94-46-22(54-12(2)61)30(69)41(17(7-59)90-46)95-51-39(78)43(97-52-44(34(73)25(64)15(5-57)89-52)98-50-37(76)32(71)24(63)14(4-56)88-50)28(67)19(93-51)9-84-48-38(77)42(96-49-36(75)31(70)23(62)13(3-55)87-49)27(66)18(91-48)8-83-47-35(74)33(72)26(65)20(92-47)10-85-99(80,81)82/h13-52,55-59,62-79H,3-10H2,1-2H3,(H,53,60)(H,54,61)(H2,80,81,82)/t13-,14-,15-,16-,17-,18-,19-,20-,21-,22-,23-,24-,25-,26-,27-,28-,29-,30-,31+,32+,33+,34+,35+,36+,37+,38+,39+,40-,41-,42+,43+,44+,45?,46+,47+,48+,49-,50-,51+,52-/m1/s1. The van der Waals surface area contributed by atoms with Gasteiger partial charge in [-0.15, -0.1) is 0 Å². The molecule has 576 valence electrons. The third-order valence-electron chi connectivity index (χ3n) is 17.7. The zero-order valence-electron chi connectivity index (χ0n) is 52.1. The van der Waals surface area contributed by atoms with Gasteiger partial charge < -0.3 is 209 Å². The minimum Gasteiger partial charge on any atom is -0.394 e. The molecule has 8 aliphatic heterocycles. The van der Waals surface area contributed by atoms with Gasteiger partial charge in [-0.25, -0.2) is 4.57 Å². The van der Waals surface area contributed by atoms with Crippen LogP contribution in [0.4, 0.5) is 0 Å². The minimum atomic E-state index is -5.26.